The van der Waals surface area contributed by atoms with Crippen molar-refractivity contribution in [1.29, 1.82) is 0 Å². The summed E-state index contributed by atoms with van der Waals surface area (Å²) < 4.78 is 1.13. The molecule has 0 aliphatic heterocycles. The molecule has 0 spiro atoms. The molecule has 0 fully saturated rings. The Morgan fingerprint density at radius 1 is 1.00 bits per heavy atom. The predicted molar refractivity (Wildman–Crippen MR) is 97.9 cm³/mol. The van der Waals surface area contributed by atoms with Gasteiger partial charge in [-0.1, -0.05) is 13.0 Å². The summed E-state index contributed by atoms with van der Waals surface area (Å²) >= 11 is 2.33. The van der Waals surface area contributed by atoms with Gasteiger partial charge in [-0.3, -0.25) is 0 Å². The Hall–Kier alpha value is -1.17. The molecule has 2 rings (SSSR count). The normalized spacial score (nSPS) is 10.8. The maximum Gasteiger partial charge on any atom is 0.162 e. The van der Waals surface area contributed by atoms with E-state index in [1.54, 1.807) is 0 Å². The smallest absolute Gasteiger partial charge is 0.162 e. The molecule has 1 aromatic carbocycles. The highest BCUT2D eigenvalue weighted by molar-refractivity contribution is 14.1. The Kier molecular flexibility index (Phi) is 5.19. The first-order valence-corrected chi connectivity index (χ1v) is 8.44. The van der Waals surface area contributed by atoms with Gasteiger partial charge in [-0.25, -0.2) is 9.97 Å². The zero-order valence-corrected chi connectivity index (χ0v) is 15.5. The molecule has 2 aromatic rings. The summed E-state index contributed by atoms with van der Waals surface area (Å²) in [6.45, 7) is 11.5. The molecule has 0 saturated heterocycles. The number of aromatic nitrogens is 2. The second kappa shape index (κ2) is 6.73. The van der Waals surface area contributed by atoms with Crippen LogP contribution in [0.25, 0.3) is 11.4 Å². The van der Waals surface area contributed by atoms with Crippen LogP contribution in [0.1, 0.15) is 36.2 Å². The molecule has 112 valence electrons. The van der Waals surface area contributed by atoms with Crippen LogP contribution in [0, 0.1) is 24.3 Å². The fourth-order valence-corrected chi connectivity index (χ4v) is 3.15. The molecule has 0 atom stereocenters. The molecule has 21 heavy (non-hydrogen) atoms. The highest BCUT2D eigenvalue weighted by Crippen LogP contribution is 2.28. The Labute approximate surface area is 140 Å². The first-order valence-electron chi connectivity index (χ1n) is 7.36. The monoisotopic (exact) mass is 395 g/mol. The average Bonchev–Trinajstić information content (AvgIpc) is 2.45. The van der Waals surface area contributed by atoms with Gasteiger partial charge in [-0.15, -0.1) is 0 Å². The first-order chi connectivity index (χ1) is 9.97. The van der Waals surface area contributed by atoms with Gasteiger partial charge in [-0.2, -0.15) is 0 Å². The summed E-state index contributed by atoms with van der Waals surface area (Å²) in [6, 6.07) is 4.41. The van der Waals surface area contributed by atoms with E-state index in [-0.39, 0.29) is 0 Å². The van der Waals surface area contributed by atoms with Crippen LogP contribution in [-0.2, 0) is 6.42 Å². The van der Waals surface area contributed by atoms with Gasteiger partial charge >= 0.3 is 0 Å². The highest BCUT2D eigenvalue weighted by atomic mass is 127. The Balaban J connectivity index is 2.63. The van der Waals surface area contributed by atoms with E-state index in [0.717, 1.165) is 39.4 Å². The predicted octanol–water partition coefficient (Wildman–Crippen LogP) is 4.67. The maximum absolute atomic E-state index is 4.78. The zero-order chi connectivity index (χ0) is 15.6. The van der Waals surface area contributed by atoms with Gasteiger partial charge < -0.3 is 5.32 Å². The van der Waals surface area contributed by atoms with Gasteiger partial charge in [-0.05, 0) is 79.5 Å². The first kappa shape index (κ1) is 16.2. The summed E-state index contributed by atoms with van der Waals surface area (Å²) in [4.78, 5) is 9.52. The molecule has 0 unspecified atom stereocenters. The molecule has 0 aliphatic carbocycles. The molecule has 0 radical (unpaired) electrons. The van der Waals surface area contributed by atoms with Crippen LogP contribution >= 0.6 is 22.6 Å². The van der Waals surface area contributed by atoms with Crippen LogP contribution in [0.4, 0.5) is 5.82 Å². The van der Waals surface area contributed by atoms with Crippen molar-refractivity contribution in [3.63, 3.8) is 0 Å². The van der Waals surface area contributed by atoms with Crippen LogP contribution in [0.3, 0.4) is 0 Å². The second-order valence-corrected chi connectivity index (χ2v) is 6.37. The van der Waals surface area contributed by atoms with Crippen LogP contribution in [0.15, 0.2) is 12.1 Å². The quantitative estimate of drug-likeness (QED) is 0.765. The lowest BCUT2D eigenvalue weighted by Crippen LogP contribution is -2.08. The molecule has 0 aliphatic rings. The van der Waals surface area contributed by atoms with Crippen LogP contribution in [0.2, 0.25) is 0 Å². The van der Waals surface area contributed by atoms with Crippen molar-refractivity contribution in [3.8, 4) is 11.4 Å². The van der Waals surface area contributed by atoms with Gasteiger partial charge in [0.15, 0.2) is 5.82 Å². The minimum atomic E-state index is 0.823. The van der Waals surface area contributed by atoms with Crippen LogP contribution in [0.5, 0.6) is 0 Å². The summed E-state index contributed by atoms with van der Waals surface area (Å²) in [7, 11) is 0. The summed E-state index contributed by atoms with van der Waals surface area (Å²) in [5.41, 5.74) is 6.05. The lowest BCUT2D eigenvalue weighted by molar-refractivity contribution is 0.980. The Bertz CT molecular complexity index is 666. The Morgan fingerprint density at radius 2 is 1.67 bits per heavy atom. The number of nitrogens with zero attached hydrogens (tertiary/aromatic N) is 2. The minimum Gasteiger partial charge on any atom is -0.369 e. The van der Waals surface area contributed by atoms with Crippen molar-refractivity contribution in [1.82, 2.24) is 9.97 Å². The third-order valence-corrected chi connectivity index (χ3v) is 4.81. The lowest BCUT2D eigenvalue weighted by atomic mass is 10.0. The SMILES string of the molecule is CCNc1nc(-c2cc(C)c(C)cc2C)nc(CC)c1I. The van der Waals surface area contributed by atoms with Crippen LogP contribution < -0.4 is 5.32 Å². The number of anilines is 1. The molecule has 1 aromatic heterocycles. The topological polar surface area (TPSA) is 37.8 Å². The fraction of sp³-hybridized carbons (Fsp3) is 0.412. The standard InChI is InChI=1S/C17H22IN3/c1-6-14-15(18)17(19-7-2)21-16(20-14)13-9-11(4)10(3)8-12(13)5/h8-9H,6-7H2,1-5H3,(H,19,20,21). The Morgan fingerprint density at radius 3 is 2.29 bits per heavy atom. The number of benzene rings is 1. The summed E-state index contributed by atoms with van der Waals surface area (Å²) in [5.74, 6) is 1.77. The van der Waals surface area contributed by atoms with E-state index >= 15 is 0 Å². The van der Waals surface area contributed by atoms with E-state index < -0.39 is 0 Å². The van der Waals surface area contributed by atoms with Gasteiger partial charge in [0.1, 0.15) is 5.82 Å². The van der Waals surface area contributed by atoms with Gasteiger partial charge in [0.05, 0.1) is 9.26 Å². The molecule has 1 heterocycles. The number of aryl methyl sites for hydroxylation is 4. The van der Waals surface area contributed by atoms with Crippen molar-refractivity contribution in [2.24, 2.45) is 0 Å². The zero-order valence-electron chi connectivity index (χ0n) is 13.3. The van der Waals surface area contributed by atoms with Crippen molar-refractivity contribution in [2.45, 2.75) is 41.0 Å². The molecular formula is C17H22IN3. The van der Waals surface area contributed by atoms with E-state index in [1.165, 1.54) is 16.7 Å². The number of hydrogen-bond acceptors (Lipinski definition) is 3. The largest absolute Gasteiger partial charge is 0.369 e. The molecule has 3 nitrogen and oxygen atoms in total. The highest BCUT2D eigenvalue weighted by Gasteiger charge is 2.14. The van der Waals surface area contributed by atoms with Crippen molar-refractivity contribution in [2.75, 3.05) is 11.9 Å². The molecule has 4 heteroatoms. The van der Waals surface area contributed by atoms with Gasteiger partial charge in [0.2, 0.25) is 0 Å². The third-order valence-electron chi connectivity index (χ3n) is 3.68. The van der Waals surface area contributed by atoms with E-state index in [2.05, 4.69) is 74.7 Å². The number of nitrogens with one attached hydrogen (secondary N) is 1. The van der Waals surface area contributed by atoms with Crippen molar-refractivity contribution in [3.05, 3.63) is 38.1 Å². The van der Waals surface area contributed by atoms with E-state index in [9.17, 15) is 0 Å². The average molecular weight is 395 g/mol. The molecule has 1 N–H and O–H groups in total. The van der Waals surface area contributed by atoms with E-state index in [4.69, 9.17) is 9.97 Å². The van der Waals surface area contributed by atoms with Crippen LogP contribution in [-0.4, -0.2) is 16.5 Å². The van der Waals surface area contributed by atoms with Gasteiger partial charge in [0.25, 0.3) is 0 Å². The summed E-state index contributed by atoms with van der Waals surface area (Å²) in [5, 5.41) is 3.35. The molecule has 0 bridgehead atoms. The third kappa shape index (κ3) is 3.36. The molecular weight excluding hydrogens is 373 g/mol. The minimum absolute atomic E-state index is 0.823. The summed E-state index contributed by atoms with van der Waals surface area (Å²) in [6.07, 6.45) is 0.913. The van der Waals surface area contributed by atoms with Crippen molar-refractivity contribution >= 4 is 28.4 Å². The molecule has 0 saturated carbocycles. The second-order valence-electron chi connectivity index (χ2n) is 5.29. The van der Waals surface area contributed by atoms with Crippen molar-refractivity contribution < 1.29 is 0 Å². The lowest BCUT2D eigenvalue weighted by Gasteiger charge is -2.14. The maximum atomic E-state index is 4.78. The number of hydrogen-bond donors (Lipinski definition) is 1. The molecule has 0 amide bonds. The van der Waals surface area contributed by atoms with E-state index in [1.807, 2.05) is 0 Å². The fourth-order valence-electron chi connectivity index (χ4n) is 2.33. The number of rotatable bonds is 4. The number of halogens is 1. The van der Waals surface area contributed by atoms with Gasteiger partial charge in [0, 0.05) is 12.1 Å². The van der Waals surface area contributed by atoms with E-state index in [0.29, 0.717) is 0 Å².